The van der Waals surface area contributed by atoms with Crippen LogP contribution in [0.1, 0.15) is 68.5 Å². The topological polar surface area (TPSA) is 79.5 Å². The summed E-state index contributed by atoms with van der Waals surface area (Å²) in [5.41, 5.74) is 0.708. The zero-order valence-corrected chi connectivity index (χ0v) is 17.4. The summed E-state index contributed by atoms with van der Waals surface area (Å²) in [6, 6.07) is 7.38. The van der Waals surface area contributed by atoms with Crippen LogP contribution in [0.25, 0.3) is 0 Å². The second-order valence-electron chi connectivity index (χ2n) is 8.56. The van der Waals surface area contributed by atoms with Crippen LogP contribution in [0.3, 0.4) is 0 Å². The number of aromatic nitrogens is 2. The Kier molecular flexibility index (Phi) is 5.15. The minimum atomic E-state index is -0.611. The van der Waals surface area contributed by atoms with Gasteiger partial charge in [0.1, 0.15) is 5.66 Å². The Hall–Kier alpha value is -2.70. The van der Waals surface area contributed by atoms with Crippen LogP contribution >= 0.6 is 0 Å². The van der Waals surface area contributed by atoms with Crippen LogP contribution in [0.5, 0.6) is 0 Å². The Balaban J connectivity index is 1.46. The predicted molar refractivity (Wildman–Crippen MR) is 108 cm³/mol. The monoisotopic (exact) mass is 396 g/mol. The van der Waals surface area contributed by atoms with Crippen molar-refractivity contribution in [3.05, 3.63) is 41.5 Å². The molecule has 1 atom stereocenters. The molecule has 1 saturated heterocycles. The molecule has 4 rings (SSSR count). The minimum absolute atomic E-state index is 0.0165. The van der Waals surface area contributed by atoms with E-state index in [0.29, 0.717) is 49.6 Å². The van der Waals surface area contributed by atoms with Crippen molar-refractivity contribution < 1.29 is 14.1 Å². The number of carbonyl (C=O) groups excluding carboxylic acids is 2. The molecule has 154 valence electrons. The van der Waals surface area contributed by atoms with E-state index in [0.717, 1.165) is 24.4 Å². The maximum absolute atomic E-state index is 13.2. The highest BCUT2D eigenvalue weighted by molar-refractivity contribution is 6.10. The third-order valence-corrected chi connectivity index (χ3v) is 5.97. The van der Waals surface area contributed by atoms with Gasteiger partial charge in [0, 0.05) is 25.8 Å². The number of hydrogen-bond acceptors (Lipinski definition) is 5. The van der Waals surface area contributed by atoms with Gasteiger partial charge in [-0.05, 0) is 44.2 Å². The molecule has 2 aliphatic rings. The van der Waals surface area contributed by atoms with Crippen molar-refractivity contribution in [2.75, 3.05) is 11.4 Å². The largest absolute Gasteiger partial charge is 0.339 e. The number of amides is 2. The summed E-state index contributed by atoms with van der Waals surface area (Å²) in [7, 11) is 0. The van der Waals surface area contributed by atoms with E-state index < -0.39 is 5.66 Å². The van der Waals surface area contributed by atoms with Crippen LogP contribution in [-0.2, 0) is 17.6 Å². The van der Waals surface area contributed by atoms with Crippen molar-refractivity contribution in [1.82, 2.24) is 15.0 Å². The molecule has 0 aliphatic carbocycles. The van der Waals surface area contributed by atoms with Gasteiger partial charge in [-0.2, -0.15) is 4.98 Å². The van der Waals surface area contributed by atoms with Crippen LogP contribution in [0.15, 0.2) is 28.8 Å². The molecule has 7 heteroatoms. The van der Waals surface area contributed by atoms with Crippen LogP contribution in [0.2, 0.25) is 0 Å². The van der Waals surface area contributed by atoms with Gasteiger partial charge in [-0.3, -0.25) is 14.5 Å². The van der Waals surface area contributed by atoms with Crippen LogP contribution in [0, 0.1) is 5.92 Å². The van der Waals surface area contributed by atoms with Crippen LogP contribution in [-0.4, -0.2) is 39.1 Å². The molecule has 1 unspecified atom stereocenters. The number of aryl methyl sites for hydroxylation is 2. The normalized spacial score (nSPS) is 21.1. The lowest BCUT2D eigenvalue weighted by Gasteiger charge is -2.48. The Labute approximate surface area is 171 Å². The molecule has 2 aliphatic heterocycles. The Morgan fingerprint density at radius 3 is 2.79 bits per heavy atom. The number of nitrogens with zero attached hydrogens (tertiary/aromatic N) is 4. The molecule has 0 spiro atoms. The standard InChI is InChI=1S/C22H28N4O3/c1-15(2)10-11-18-23-19(29-24-18)9-6-14-25-21(28)16-7-4-5-8-17(16)26-20(27)12-13-22(25,26)3/h4-5,7-8,15H,6,9-14H2,1-3H3. The van der Waals surface area contributed by atoms with Crippen molar-refractivity contribution in [3.63, 3.8) is 0 Å². The molecule has 0 saturated carbocycles. The van der Waals surface area contributed by atoms with Gasteiger partial charge in [-0.25, -0.2) is 0 Å². The Bertz CT molecular complexity index is 922. The highest BCUT2D eigenvalue weighted by Crippen LogP contribution is 2.43. The average molecular weight is 396 g/mol. The molecule has 1 aromatic carbocycles. The van der Waals surface area contributed by atoms with Crippen molar-refractivity contribution in [1.29, 1.82) is 0 Å². The summed E-state index contributed by atoms with van der Waals surface area (Å²) in [5.74, 6) is 2.01. The fraction of sp³-hybridized carbons (Fsp3) is 0.545. The molecule has 0 bridgehead atoms. The van der Waals surface area contributed by atoms with Crippen LogP contribution in [0.4, 0.5) is 5.69 Å². The summed E-state index contributed by atoms with van der Waals surface area (Å²) in [4.78, 5) is 33.9. The number of hydrogen-bond donors (Lipinski definition) is 0. The van der Waals surface area contributed by atoms with Gasteiger partial charge >= 0.3 is 0 Å². The lowest BCUT2D eigenvalue weighted by molar-refractivity contribution is -0.117. The van der Waals surface area contributed by atoms with Crippen molar-refractivity contribution in [2.45, 2.75) is 65.0 Å². The second kappa shape index (κ2) is 7.61. The van der Waals surface area contributed by atoms with E-state index >= 15 is 0 Å². The number of benzene rings is 1. The van der Waals surface area contributed by atoms with E-state index in [-0.39, 0.29) is 11.8 Å². The van der Waals surface area contributed by atoms with E-state index in [1.54, 1.807) is 11.0 Å². The molecule has 1 aromatic heterocycles. The van der Waals surface area contributed by atoms with E-state index in [2.05, 4.69) is 24.0 Å². The molecule has 1 fully saturated rings. The van der Waals surface area contributed by atoms with E-state index in [9.17, 15) is 9.59 Å². The average Bonchev–Trinajstić information content (AvgIpc) is 3.27. The molecule has 0 radical (unpaired) electrons. The molecule has 2 amide bonds. The maximum atomic E-state index is 13.2. The minimum Gasteiger partial charge on any atom is -0.339 e. The Morgan fingerprint density at radius 1 is 1.21 bits per heavy atom. The van der Waals surface area contributed by atoms with E-state index in [4.69, 9.17) is 4.52 Å². The summed E-state index contributed by atoms with van der Waals surface area (Å²) >= 11 is 0. The first-order chi connectivity index (χ1) is 13.9. The lowest BCUT2D eigenvalue weighted by atomic mass is 9.98. The number of para-hydroxylation sites is 1. The quantitative estimate of drug-likeness (QED) is 0.715. The van der Waals surface area contributed by atoms with Gasteiger partial charge in [0.15, 0.2) is 5.82 Å². The SMILES string of the molecule is CC(C)CCc1noc(CCCN2C(=O)c3ccccc3N3C(=O)CCC23C)n1. The van der Waals surface area contributed by atoms with Gasteiger partial charge in [-0.15, -0.1) is 0 Å². The highest BCUT2D eigenvalue weighted by atomic mass is 16.5. The summed E-state index contributed by atoms with van der Waals surface area (Å²) in [6.45, 7) is 6.87. The zero-order chi connectivity index (χ0) is 20.6. The molecular formula is C22H28N4O3. The van der Waals surface area contributed by atoms with Crippen LogP contribution < -0.4 is 4.90 Å². The maximum Gasteiger partial charge on any atom is 0.257 e. The third kappa shape index (κ3) is 3.54. The molecule has 29 heavy (non-hydrogen) atoms. The lowest BCUT2D eigenvalue weighted by Crippen LogP contribution is -2.62. The summed E-state index contributed by atoms with van der Waals surface area (Å²) in [5, 5.41) is 4.06. The fourth-order valence-electron chi connectivity index (χ4n) is 4.34. The number of rotatable bonds is 7. The fourth-order valence-corrected chi connectivity index (χ4v) is 4.34. The highest BCUT2D eigenvalue weighted by Gasteiger charge is 2.52. The van der Waals surface area contributed by atoms with Gasteiger partial charge in [-0.1, -0.05) is 31.1 Å². The number of fused-ring (bicyclic) bond motifs is 3. The van der Waals surface area contributed by atoms with Crippen molar-refractivity contribution >= 4 is 17.5 Å². The molecule has 2 aromatic rings. The van der Waals surface area contributed by atoms with Crippen molar-refractivity contribution in [2.24, 2.45) is 5.92 Å². The first-order valence-electron chi connectivity index (χ1n) is 10.5. The molecule has 0 N–H and O–H groups in total. The first kappa shape index (κ1) is 19.6. The molecule has 3 heterocycles. The third-order valence-electron chi connectivity index (χ3n) is 5.97. The zero-order valence-electron chi connectivity index (χ0n) is 17.4. The number of anilines is 1. The molecular weight excluding hydrogens is 368 g/mol. The molecule has 7 nitrogen and oxygen atoms in total. The second-order valence-corrected chi connectivity index (χ2v) is 8.56. The van der Waals surface area contributed by atoms with Gasteiger partial charge in [0.2, 0.25) is 11.8 Å². The summed E-state index contributed by atoms with van der Waals surface area (Å²) in [6.07, 6.45) is 4.27. The van der Waals surface area contributed by atoms with Gasteiger partial charge < -0.3 is 9.42 Å². The van der Waals surface area contributed by atoms with Gasteiger partial charge in [0.05, 0.1) is 11.3 Å². The Morgan fingerprint density at radius 2 is 2.00 bits per heavy atom. The van der Waals surface area contributed by atoms with Gasteiger partial charge in [0.25, 0.3) is 5.91 Å². The first-order valence-corrected chi connectivity index (χ1v) is 10.5. The van der Waals surface area contributed by atoms with Crippen molar-refractivity contribution in [3.8, 4) is 0 Å². The smallest absolute Gasteiger partial charge is 0.257 e. The van der Waals surface area contributed by atoms with E-state index in [1.807, 2.05) is 30.0 Å². The predicted octanol–water partition coefficient (Wildman–Crippen LogP) is 3.59. The number of carbonyl (C=O) groups is 2. The van der Waals surface area contributed by atoms with E-state index in [1.165, 1.54) is 0 Å². The summed E-state index contributed by atoms with van der Waals surface area (Å²) < 4.78 is 5.37.